The van der Waals surface area contributed by atoms with Crippen LogP contribution in [0.25, 0.3) is 0 Å². The summed E-state index contributed by atoms with van der Waals surface area (Å²) in [5, 5.41) is 8.66. The molecule has 5 nitrogen and oxygen atoms in total. The van der Waals surface area contributed by atoms with Gasteiger partial charge in [0.15, 0.2) is 0 Å². The van der Waals surface area contributed by atoms with Crippen molar-refractivity contribution in [3.63, 3.8) is 0 Å². The highest BCUT2D eigenvalue weighted by molar-refractivity contribution is 5.72. The van der Waals surface area contributed by atoms with Crippen LogP contribution in [-0.2, 0) is 9.53 Å². The maximum absolute atomic E-state index is 10.5. The fourth-order valence-corrected chi connectivity index (χ4v) is 2.00. The van der Waals surface area contributed by atoms with Crippen molar-refractivity contribution in [3.05, 3.63) is 0 Å². The van der Waals surface area contributed by atoms with E-state index in [4.69, 9.17) is 15.6 Å². The third-order valence-electron chi connectivity index (χ3n) is 2.90. The number of methoxy groups -OCH3 is 1. The van der Waals surface area contributed by atoms with Gasteiger partial charge in [0.1, 0.15) is 6.04 Å². The molecule has 0 aliphatic carbocycles. The molecule has 0 radical (unpaired) electrons. The van der Waals surface area contributed by atoms with Gasteiger partial charge in [-0.2, -0.15) is 0 Å². The quantitative estimate of drug-likeness (QED) is 0.648. The molecular weight excluding hydrogens is 196 g/mol. The number of nitrogens with zero attached hydrogens (tertiary/aromatic N) is 1. The highest BCUT2D eigenvalue weighted by Crippen LogP contribution is 2.17. The second kappa shape index (κ2) is 6.05. The number of carboxylic acid groups (broad SMARTS) is 1. The Bertz CT molecular complexity index is 211. The van der Waals surface area contributed by atoms with Crippen molar-refractivity contribution >= 4 is 5.97 Å². The van der Waals surface area contributed by atoms with E-state index in [-0.39, 0.29) is 0 Å². The predicted molar refractivity (Wildman–Crippen MR) is 56.7 cm³/mol. The van der Waals surface area contributed by atoms with Crippen LogP contribution in [0, 0.1) is 0 Å². The van der Waals surface area contributed by atoms with E-state index in [0.29, 0.717) is 12.5 Å². The van der Waals surface area contributed by atoms with Crippen LogP contribution in [0.4, 0.5) is 0 Å². The number of ether oxygens (including phenoxy) is 1. The third kappa shape index (κ3) is 3.77. The molecule has 3 N–H and O–H groups in total. The highest BCUT2D eigenvalue weighted by atomic mass is 16.5. The molecule has 1 saturated heterocycles. The van der Waals surface area contributed by atoms with Crippen molar-refractivity contribution in [3.8, 4) is 0 Å². The maximum Gasteiger partial charge on any atom is 0.320 e. The maximum atomic E-state index is 10.5. The van der Waals surface area contributed by atoms with E-state index in [1.807, 2.05) is 0 Å². The smallest absolute Gasteiger partial charge is 0.320 e. The van der Waals surface area contributed by atoms with Gasteiger partial charge in [-0.25, -0.2) is 0 Å². The summed E-state index contributed by atoms with van der Waals surface area (Å²) in [6.07, 6.45) is 2.81. The van der Waals surface area contributed by atoms with Gasteiger partial charge in [0, 0.05) is 19.7 Å². The number of rotatable bonds is 6. The number of carbonyl (C=O) groups is 1. The monoisotopic (exact) mass is 216 g/mol. The number of likely N-dealkylation sites (tertiary alicyclic amines) is 1. The molecule has 0 amide bonds. The van der Waals surface area contributed by atoms with Crippen LogP contribution in [-0.4, -0.2) is 54.9 Å². The molecule has 88 valence electrons. The molecule has 0 bridgehead atoms. The van der Waals surface area contributed by atoms with Crippen LogP contribution in [0.15, 0.2) is 0 Å². The van der Waals surface area contributed by atoms with Crippen LogP contribution in [0.3, 0.4) is 0 Å². The standard InChI is InChI=1S/C10H20N2O3/c1-15-7-8-3-2-5-12(8)6-4-9(11)10(13)14/h8-9H,2-7,11H2,1H3,(H,13,14)/t8-,9?/m1/s1. The van der Waals surface area contributed by atoms with E-state index in [0.717, 1.165) is 32.5 Å². The Labute approximate surface area is 90.2 Å². The van der Waals surface area contributed by atoms with Crippen LogP contribution in [0.1, 0.15) is 19.3 Å². The molecule has 0 aromatic rings. The van der Waals surface area contributed by atoms with Gasteiger partial charge in [-0.15, -0.1) is 0 Å². The first-order chi connectivity index (χ1) is 7.15. The summed E-state index contributed by atoms with van der Waals surface area (Å²) in [4.78, 5) is 12.8. The molecule has 0 aromatic carbocycles. The fraction of sp³-hybridized carbons (Fsp3) is 0.900. The van der Waals surface area contributed by atoms with Gasteiger partial charge < -0.3 is 15.6 Å². The molecule has 5 heteroatoms. The summed E-state index contributed by atoms with van der Waals surface area (Å²) < 4.78 is 5.12. The molecule has 1 rings (SSSR count). The summed E-state index contributed by atoms with van der Waals surface area (Å²) in [7, 11) is 1.69. The van der Waals surface area contributed by atoms with Gasteiger partial charge in [0.25, 0.3) is 0 Å². The van der Waals surface area contributed by atoms with Crippen LogP contribution in [0.5, 0.6) is 0 Å². The zero-order valence-electron chi connectivity index (χ0n) is 9.19. The predicted octanol–water partition coefficient (Wildman–Crippen LogP) is -0.101. The number of nitrogens with two attached hydrogens (primary N) is 1. The number of hydrogen-bond acceptors (Lipinski definition) is 4. The largest absolute Gasteiger partial charge is 0.480 e. The Morgan fingerprint density at radius 3 is 3.07 bits per heavy atom. The lowest BCUT2D eigenvalue weighted by Gasteiger charge is -2.24. The summed E-state index contributed by atoms with van der Waals surface area (Å²) in [5.41, 5.74) is 5.46. The van der Waals surface area contributed by atoms with E-state index >= 15 is 0 Å². The number of carboxylic acids is 1. The normalized spacial score (nSPS) is 24.3. The summed E-state index contributed by atoms with van der Waals surface area (Å²) >= 11 is 0. The Morgan fingerprint density at radius 2 is 2.47 bits per heavy atom. The van der Waals surface area contributed by atoms with Gasteiger partial charge in [-0.1, -0.05) is 0 Å². The van der Waals surface area contributed by atoms with Gasteiger partial charge in [-0.05, 0) is 25.8 Å². The number of aliphatic carboxylic acids is 1. The average molecular weight is 216 g/mol. The summed E-state index contributed by atoms with van der Waals surface area (Å²) in [5.74, 6) is -0.919. The first-order valence-electron chi connectivity index (χ1n) is 5.36. The molecule has 1 aliphatic rings. The molecule has 1 unspecified atom stereocenters. The SMILES string of the molecule is COC[C@H]1CCCN1CCC(N)C(=O)O. The molecule has 1 fully saturated rings. The molecular formula is C10H20N2O3. The van der Waals surface area contributed by atoms with E-state index < -0.39 is 12.0 Å². The minimum atomic E-state index is -0.919. The zero-order valence-corrected chi connectivity index (χ0v) is 9.19. The molecule has 15 heavy (non-hydrogen) atoms. The molecule has 1 aliphatic heterocycles. The fourth-order valence-electron chi connectivity index (χ4n) is 2.00. The Kier molecular flexibility index (Phi) is 5.01. The van der Waals surface area contributed by atoms with Crippen molar-refractivity contribution in [2.24, 2.45) is 5.73 Å². The zero-order chi connectivity index (χ0) is 11.3. The average Bonchev–Trinajstić information content (AvgIpc) is 2.62. The topological polar surface area (TPSA) is 75.8 Å². The molecule has 0 saturated carbocycles. The minimum Gasteiger partial charge on any atom is -0.480 e. The highest BCUT2D eigenvalue weighted by Gasteiger charge is 2.25. The van der Waals surface area contributed by atoms with Crippen molar-refractivity contribution in [2.45, 2.75) is 31.3 Å². The van der Waals surface area contributed by atoms with Crippen molar-refractivity contribution in [1.29, 1.82) is 0 Å². The Balaban J connectivity index is 2.28. The first kappa shape index (κ1) is 12.4. The van der Waals surface area contributed by atoms with Crippen molar-refractivity contribution in [1.82, 2.24) is 4.90 Å². The van der Waals surface area contributed by atoms with Gasteiger partial charge >= 0.3 is 5.97 Å². The van der Waals surface area contributed by atoms with Crippen LogP contribution in [0.2, 0.25) is 0 Å². The molecule has 0 spiro atoms. The van der Waals surface area contributed by atoms with E-state index in [1.165, 1.54) is 0 Å². The van der Waals surface area contributed by atoms with E-state index in [2.05, 4.69) is 4.90 Å². The summed E-state index contributed by atoms with van der Waals surface area (Å²) in [6.45, 7) is 2.50. The van der Waals surface area contributed by atoms with E-state index in [9.17, 15) is 4.79 Å². The van der Waals surface area contributed by atoms with E-state index in [1.54, 1.807) is 7.11 Å². The van der Waals surface area contributed by atoms with Gasteiger partial charge in [0.2, 0.25) is 0 Å². The lowest BCUT2D eigenvalue weighted by atomic mass is 10.2. The Hall–Kier alpha value is -0.650. The van der Waals surface area contributed by atoms with Crippen molar-refractivity contribution < 1.29 is 14.6 Å². The summed E-state index contributed by atoms with van der Waals surface area (Å²) in [6, 6.07) is -0.301. The lowest BCUT2D eigenvalue weighted by molar-refractivity contribution is -0.138. The molecule has 2 atom stereocenters. The molecule has 0 aromatic heterocycles. The third-order valence-corrected chi connectivity index (χ3v) is 2.90. The van der Waals surface area contributed by atoms with Crippen molar-refractivity contribution in [2.75, 3.05) is 26.8 Å². The Morgan fingerprint density at radius 1 is 1.73 bits per heavy atom. The second-order valence-corrected chi connectivity index (χ2v) is 4.02. The first-order valence-corrected chi connectivity index (χ1v) is 5.36. The van der Waals surface area contributed by atoms with Crippen LogP contribution >= 0.6 is 0 Å². The van der Waals surface area contributed by atoms with Gasteiger partial charge in [-0.3, -0.25) is 9.69 Å². The minimum absolute atomic E-state index is 0.441. The molecule has 1 heterocycles. The number of hydrogen-bond donors (Lipinski definition) is 2. The van der Waals surface area contributed by atoms with Gasteiger partial charge in [0.05, 0.1) is 6.61 Å². The second-order valence-electron chi connectivity index (χ2n) is 4.02. The van der Waals surface area contributed by atoms with Crippen LogP contribution < -0.4 is 5.73 Å². The lowest BCUT2D eigenvalue weighted by Crippen LogP contribution is -2.38.